The van der Waals surface area contributed by atoms with Crippen LogP contribution in [0, 0.1) is 0 Å². The molecule has 41 heavy (non-hydrogen) atoms. The van der Waals surface area contributed by atoms with E-state index in [1.807, 2.05) is 24.3 Å². The predicted octanol–water partition coefficient (Wildman–Crippen LogP) is 6.83. The fraction of sp³-hybridized carbons (Fsp3) is 0.441. The maximum Gasteiger partial charge on any atom is 0.251 e. The molecule has 4 aromatic rings. The lowest BCUT2D eigenvalue weighted by atomic mass is 10.0. The highest BCUT2D eigenvalue weighted by atomic mass is 79.9. The summed E-state index contributed by atoms with van der Waals surface area (Å²) in [6, 6.07) is 21.8. The van der Waals surface area contributed by atoms with E-state index in [4.69, 9.17) is 4.74 Å². The predicted molar refractivity (Wildman–Crippen MR) is 171 cm³/mol. The van der Waals surface area contributed by atoms with Crippen molar-refractivity contribution in [1.29, 1.82) is 0 Å². The summed E-state index contributed by atoms with van der Waals surface area (Å²) >= 11 is 3.66. The number of benzene rings is 3. The van der Waals surface area contributed by atoms with Gasteiger partial charge in [-0.15, -0.1) is 0 Å². The Balaban J connectivity index is 1.02. The first-order valence-corrected chi connectivity index (χ1v) is 16.0. The minimum Gasteiger partial charge on any atom is -0.490 e. The number of aromatic nitrogens is 1. The Labute approximate surface area is 251 Å². The van der Waals surface area contributed by atoms with Gasteiger partial charge in [0.1, 0.15) is 11.9 Å². The number of nitrogens with one attached hydrogen (secondary N) is 1. The molecule has 0 bridgehead atoms. The quantitative estimate of drug-likeness (QED) is 0.224. The Hall–Kier alpha value is -2.87. The second-order valence-corrected chi connectivity index (χ2v) is 12.6. The number of hydrogen-bond donors (Lipinski definition) is 1. The van der Waals surface area contributed by atoms with E-state index in [1.165, 1.54) is 40.2 Å². The Morgan fingerprint density at radius 1 is 0.976 bits per heavy atom. The lowest BCUT2D eigenvalue weighted by Crippen LogP contribution is -2.37. The fourth-order valence-electron chi connectivity index (χ4n) is 6.71. The number of carbonyl (C=O) groups excluding carboxylic acids is 1. The third-order valence-corrected chi connectivity index (χ3v) is 9.48. The molecule has 0 spiro atoms. The van der Waals surface area contributed by atoms with Crippen molar-refractivity contribution in [3.8, 4) is 5.75 Å². The van der Waals surface area contributed by atoms with Gasteiger partial charge in [-0.05, 0) is 107 Å². The molecule has 2 aliphatic rings. The number of nitrogens with zero attached hydrogens (tertiary/aromatic N) is 3. The van der Waals surface area contributed by atoms with Crippen molar-refractivity contribution in [2.24, 2.45) is 0 Å². The Morgan fingerprint density at radius 3 is 2.51 bits per heavy atom. The molecule has 1 N–H and O–H groups in total. The van der Waals surface area contributed by atoms with Crippen LogP contribution in [0.3, 0.4) is 0 Å². The molecule has 1 atom stereocenters. The van der Waals surface area contributed by atoms with Crippen LogP contribution >= 0.6 is 15.9 Å². The summed E-state index contributed by atoms with van der Waals surface area (Å²) < 4.78 is 9.87. The van der Waals surface area contributed by atoms with Gasteiger partial charge in [0.2, 0.25) is 0 Å². The van der Waals surface area contributed by atoms with Gasteiger partial charge >= 0.3 is 0 Å². The maximum absolute atomic E-state index is 12.8. The van der Waals surface area contributed by atoms with Gasteiger partial charge < -0.3 is 19.5 Å². The van der Waals surface area contributed by atoms with Gasteiger partial charge in [0.15, 0.2) is 0 Å². The van der Waals surface area contributed by atoms with E-state index in [0.717, 1.165) is 62.2 Å². The number of likely N-dealkylation sites (tertiary alicyclic amines) is 2. The number of carbonyl (C=O) groups is 1. The summed E-state index contributed by atoms with van der Waals surface area (Å²) in [4.78, 5) is 17.7. The molecule has 1 amide bonds. The first-order valence-electron chi connectivity index (χ1n) is 15.2. The average Bonchev–Trinajstić information content (AvgIpc) is 3.53. The Bertz CT molecular complexity index is 1520. The van der Waals surface area contributed by atoms with E-state index in [1.54, 1.807) is 0 Å². The van der Waals surface area contributed by atoms with Gasteiger partial charge in [-0.1, -0.05) is 28.1 Å². The van der Waals surface area contributed by atoms with E-state index in [9.17, 15) is 4.79 Å². The highest BCUT2D eigenvalue weighted by Gasteiger charge is 2.22. The largest absolute Gasteiger partial charge is 0.490 e. The summed E-state index contributed by atoms with van der Waals surface area (Å²) in [5.74, 6) is 0.771. The van der Waals surface area contributed by atoms with Crippen LogP contribution in [-0.4, -0.2) is 65.6 Å². The van der Waals surface area contributed by atoms with Crippen LogP contribution in [0.4, 0.5) is 0 Å². The van der Waals surface area contributed by atoms with Gasteiger partial charge in [0, 0.05) is 70.6 Å². The SMILES string of the molecule is CCn1c2ccc(Br)cc2c2cc(CN3CCC(Oc4cccc(C(=O)NCCC5CCCN5C)c4)CC3)ccc21. The Morgan fingerprint density at radius 2 is 1.76 bits per heavy atom. The van der Waals surface area contributed by atoms with Gasteiger partial charge in [-0.25, -0.2) is 0 Å². The molecule has 216 valence electrons. The molecule has 2 fully saturated rings. The number of rotatable bonds is 9. The van der Waals surface area contributed by atoms with E-state index in [-0.39, 0.29) is 12.0 Å². The number of fused-ring (bicyclic) bond motifs is 3. The van der Waals surface area contributed by atoms with E-state index < -0.39 is 0 Å². The van der Waals surface area contributed by atoms with Crippen LogP contribution in [0.15, 0.2) is 65.1 Å². The minimum absolute atomic E-state index is 0.0164. The normalized spacial score (nSPS) is 18.9. The van der Waals surface area contributed by atoms with Crippen LogP contribution in [0.5, 0.6) is 5.75 Å². The highest BCUT2D eigenvalue weighted by molar-refractivity contribution is 9.10. The molecular formula is C34H41BrN4O2. The molecule has 3 aromatic carbocycles. The van der Waals surface area contributed by atoms with E-state index in [2.05, 4.69) is 86.0 Å². The average molecular weight is 618 g/mol. The maximum atomic E-state index is 12.8. The Kier molecular flexibility index (Phi) is 8.65. The number of amides is 1. The lowest BCUT2D eigenvalue weighted by molar-refractivity contribution is 0.0934. The smallest absolute Gasteiger partial charge is 0.251 e. The molecule has 1 unspecified atom stereocenters. The van der Waals surface area contributed by atoms with E-state index >= 15 is 0 Å². The zero-order chi connectivity index (χ0) is 28.3. The van der Waals surface area contributed by atoms with Crippen molar-refractivity contribution in [2.45, 2.75) is 64.3 Å². The molecule has 0 aliphatic carbocycles. The molecule has 6 nitrogen and oxygen atoms in total. The summed E-state index contributed by atoms with van der Waals surface area (Å²) in [7, 11) is 2.18. The number of ether oxygens (including phenoxy) is 1. The number of halogens is 1. The first-order chi connectivity index (χ1) is 20.0. The van der Waals surface area contributed by atoms with Crippen molar-refractivity contribution in [3.63, 3.8) is 0 Å². The van der Waals surface area contributed by atoms with Crippen molar-refractivity contribution >= 4 is 43.6 Å². The molecule has 6 rings (SSSR count). The monoisotopic (exact) mass is 616 g/mol. The van der Waals surface area contributed by atoms with Crippen LogP contribution in [0.1, 0.15) is 54.9 Å². The van der Waals surface area contributed by atoms with Crippen molar-refractivity contribution in [1.82, 2.24) is 19.7 Å². The van der Waals surface area contributed by atoms with Crippen LogP contribution in [0.2, 0.25) is 0 Å². The molecule has 2 aliphatic heterocycles. The molecule has 1 aromatic heterocycles. The molecule has 2 saturated heterocycles. The minimum atomic E-state index is -0.0164. The van der Waals surface area contributed by atoms with Gasteiger partial charge in [-0.3, -0.25) is 9.69 Å². The summed E-state index contributed by atoms with van der Waals surface area (Å²) in [5.41, 5.74) is 4.62. The molecule has 0 radical (unpaired) electrons. The third kappa shape index (κ3) is 6.32. The standard InChI is InChI=1S/C34H41BrN4O2/c1-3-39-32-11-9-24(20-30(32)31-22-26(35)10-12-33(31)39)23-38-18-14-28(15-19-38)41-29-8-4-6-25(21-29)34(40)36-16-13-27-7-5-17-37(27)2/h4,6,8-12,20-22,27-28H,3,5,7,13-19,23H2,1-2H3,(H,36,40). The molecule has 3 heterocycles. The number of piperidine rings is 1. The van der Waals surface area contributed by atoms with Gasteiger partial charge in [-0.2, -0.15) is 0 Å². The fourth-order valence-corrected chi connectivity index (χ4v) is 7.07. The zero-order valence-electron chi connectivity index (χ0n) is 24.2. The van der Waals surface area contributed by atoms with Crippen LogP contribution < -0.4 is 10.1 Å². The van der Waals surface area contributed by atoms with Gasteiger partial charge in [0.25, 0.3) is 5.91 Å². The van der Waals surface area contributed by atoms with E-state index in [0.29, 0.717) is 18.2 Å². The lowest BCUT2D eigenvalue weighted by Gasteiger charge is -2.32. The third-order valence-electron chi connectivity index (χ3n) is 8.98. The molecule has 7 heteroatoms. The number of hydrogen-bond acceptors (Lipinski definition) is 4. The second kappa shape index (κ2) is 12.6. The zero-order valence-corrected chi connectivity index (χ0v) is 25.8. The van der Waals surface area contributed by atoms with Crippen LogP contribution in [-0.2, 0) is 13.1 Å². The van der Waals surface area contributed by atoms with Crippen molar-refractivity contribution in [2.75, 3.05) is 33.2 Å². The van der Waals surface area contributed by atoms with Crippen LogP contribution in [0.25, 0.3) is 21.8 Å². The highest BCUT2D eigenvalue weighted by Crippen LogP contribution is 2.32. The summed E-state index contributed by atoms with van der Waals surface area (Å²) in [5, 5.41) is 5.74. The molecular weight excluding hydrogens is 576 g/mol. The van der Waals surface area contributed by atoms with Crippen molar-refractivity contribution in [3.05, 3.63) is 76.3 Å². The van der Waals surface area contributed by atoms with Gasteiger partial charge in [0.05, 0.1) is 0 Å². The first kappa shape index (κ1) is 28.3. The summed E-state index contributed by atoms with van der Waals surface area (Å²) in [6.07, 6.45) is 5.62. The summed E-state index contributed by atoms with van der Waals surface area (Å²) in [6.45, 7) is 7.99. The van der Waals surface area contributed by atoms with Crippen molar-refractivity contribution < 1.29 is 9.53 Å². The topological polar surface area (TPSA) is 49.7 Å². The molecule has 0 saturated carbocycles. The number of aryl methyl sites for hydroxylation is 1. The second-order valence-electron chi connectivity index (χ2n) is 11.7.